The fourth-order valence-corrected chi connectivity index (χ4v) is 3.60. The second kappa shape index (κ2) is 3.75. The average Bonchev–Trinajstić information content (AvgIpc) is 2.03. The molecule has 0 aliphatic heterocycles. The lowest BCUT2D eigenvalue weighted by atomic mass is 10.2. The largest absolute Gasteiger partial charge is 0.150 e. The van der Waals surface area contributed by atoms with Crippen LogP contribution >= 0.6 is 15.3 Å². The van der Waals surface area contributed by atoms with Gasteiger partial charge < -0.3 is 0 Å². The van der Waals surface area contributed by atoms with E-state index in [0.717, 1.165) is 0 Å². The highest BCUT2D eigenvalue weighted by molar-refractivity contribution is 9.25. The zero-order chi connectivity index (χ0) is 9.19. The summed E-state index contributed by atoms with van der Waals surface area (Å²) in [6, 6.07) is 10.7. The Morgan fingerprint density at radius 3 is 2.00 bits per heavy atom. The molecular weight excluding hydrogens is 228 g/mol. The molecule has 0 fully saturated rings. The van der Waals surface area contributed by atoms with E-state index >= 15 is 0 Å². The van der Waals surface area contributed by atoms with Crippen molar-refractivity contribution in [3.63, 3.8) is 0 Å². The molecule has 0 aliphatic carbocycles. The van der Waals surface area contributed by atoms with Gasteiger partial charge in [-0.2, -0.15) is 0 Å². The van der Waals surface area contributed by atoms with E-state index < -0.39 is 7.42 Å². The minimum Gasteiger partial charge on any atom is -0.124 e. The van der Waals surface area contributed by atoms with Crippen LogP contribution in [0.15, 0.2) is 30.3 Å². The lowest BCUT2D eigenvalue weighted by molar-refractivity contribution is 0.756. The van der Waals surface area contributed by atoms with Crippen molar-refractivity contribution in [2.24, 2.45) is 0 Å². The molecule has 0 aromatic heterocycles. The number of rotatable bonds is 1. The minimum absolute atomic E-state index is 0.418. The summed E-state index contributed by atoms with van der Waals surface area (Å²) < 4.78 is 0. The summed E-state index contributed by atoms with van der Waals surface area (Å²) in [5.41, 5.74) is 0. The van der Waals surface area contributed by atoms with Crippen LogP contribution in [0.5, 0.6) is 0 Å². The number of halogens is 1. The molecule has 0 N–H and O–H groups in total. The molecule has 0 saturated heterocycles. The highest BCUT2D eigenvalue weighted by atomic mass is 79.9. The topological polar surface area (TPSA) is 0 Å². The molecule has 1 unspecified atom stereocenters. The van der Waals surface area contributed by atoms with E-state index in [1.54, 1.807) is 0 Å². The monoisotopic (exact) mass is 242 g/mol. The van der Waals surface area contributed by atoms with Crippen LogP contribution < -0.4 is 5.19 Å². The Bertz CT molecular complexity index is 238. The van der Waals surface area contributed by atoms with E-state index in [1.165, 1.54) is 5.19 Å². The SMILES string of the molecule is CC(C)(C)[SiH](Br)c1ccccc1. The summed E-state index contributed by atoms with van der Waals surface area (Å²) in [7, 11) is -0.936. The first-order chi connectivity index (χ1) is 5.52. The minimum atomic E-state index is -0.936. The van der Waals surface area contributed by atoms with E-state index in [1.807, 2.05) is 0 Å². The Balaban J connectivity index is 2.86. The van der Waals surface area contributed by atoms with Crippen molar-refractivity contribution in [3.05, 3.63) is 30.3 Å². The Hall–Kier alpha value is -0.0831. The fourth-order valence-electron chi connectivity index (χ4n) is 1.12. The van der Waals surface area contributed by atoms with Crippen molar-refractivity contribution in [3.8, 4) is 0 Å². The van der Waals surface area contributed by atoms with Crippen LogP contribution in [0.25, 0.3) is 0 Å². The molecule has 0 aliphatic rings. The quantitative estimate of drug-likeness (QED) is 0.525. The summed E-state index contributed by atoms with van der Waals surface area (Å²) in [6.07, 6.45) is 0. The predicted molar refractivity (Wildman–Crippen MR) is 61.9 cm³/mol. The van der Waals surface area contributed by atoms with Gasteiger partial charge in [-0.25, -0.2) is 0 Å². The van der Waals surface area contributed by atoms with Crippen molar-refractivity contribution >= 4 is 27.9 Å². The lowest BCUT2D eigenvalue weighted by Gasteiger charge is -2.24. The molecule has 1 aromatic rings. The highest BCUT2D eigenvalue weighted by Crippen LogP contribution is 2.29. The van der Waals surface area contributed by atoms with Crippen molar-refractivity contribution in [2.75, 3.05) is 0 Å². The third-order valence-corrected chi connectivity index (χ3v) is 10.0. The van der Waals surface area contributed by atoms with Crippen LogP contribution in [-0.2, 0) is 0 Å². The first kappa shape index (κ1) is 10.0. The molecule has 12 heavy (non-hydrogen) atoms. The Labute approximate surface area is 84.2 Å². The Kier molecular flexibility index (Phi) is 3.13. The van der Waals surface area contributed by atoms with Gasteiger partial charge >= 0.3 is 0 Å². The van der Waals surface area contributed by atoms with Crippen LogP contribution in [0, 0.1) is 0 Å². The maximum Gasteiger partial charge on any atom is 0.150 e. The number of benzene rings is 1. The van der Waals surface area contributed by atoms with Crippen LogP contribution in [0.3, 0.4) is 0 Å². The zero-order valence-electron chi connectivity index (χ0n) is 7.84. The first-order valence-electron chi connectivity index (χ1n) is 4.21. The summed E-state index contributed by atoms with van der Waals surface area (Å²) in [5, 5.41) is 1.91. The molecule has 66 valence electrons. The molecule has 0 radical (unpaired) electrons. The predicted octanol–water partition coefficient (Wildman–Crippen LogP) is 2.81. The molecule has 0 nitrogen and oxygen atoms in total. The maximum atomic E-state index is 3.85. The van der Waals surface area contributed by atoms with Gasteiger partial charge in [0.2, 0.25) is 0 Å². The number of hydrogen-bond acceptors (Lipinski definition) is 0. The lowest BCUT2D eigenvalue weighted by Crippen LogP contribution is -2.32. The van der Waals surface area contributed by atoms with Crippen LogP contribution in [-0.4, -0.2) is 7.42 Å². The first-order valence-corrected chi connectivity index (χ1v) is 8.54. The Morgan fingerprint density at radius 2 is 1.58 bits per heavy atom. The van der Waals surface area contributed by atoms with E-state index in [4.69, 9.17) is 0 Å². The second-order valence-corrected chi connectivity index (χ2v) is 10.0. The molecule has 0 bridgehead atoms. The van der Waals surface area contributed by atoms with Crippen LogP contribution in [0.4, 0.5) is 0 Å². The smallest absolute Gasteiger partial charge is 0.124 e. The van der Waals surface area contributed by atoms with Crippen molar-refractivity contribution < 1.29 is 0 Å². The van der Waals surface area contributed by atoms with Gasteiger partial charge in [-0.1, -0.05) is 51.1 Å². The molecule has 0 saturated carbocycles. The molecule has 0 heterocycles. The molecule has 1 aromatic carbocycles. The van der Waals surface area contributed by atoms with Crippen LogP contribution in [0.1, 0.15) is 20.8 Å². The molecule has 0 spiro atoms. The fraction of sp³-hybridized carbons (Fsp3) is 0.400. The van der Waals surface area contributed by atoms with Crippen molar-refractivity contribution in [1.29, 1.82) is 0 Å². The van der Waals surface area contributed by atoms with Crippen molar-refractivity contribution in [1.82, 2.24) is 0 Å². The van der Waals surface area contributed by atoms with Crippen molar-refractivity contribution in [2.45, 2.75) is 25.8 Å². The van der Waals surface area contributed by atoms with E-state index in [2.05, 4.69) is 66.4 Å². The summed E-state index contributed by atoms with van der Waals surface area (Å²) in [5.74, 6) is 0. The number of hydrogen-bond donors (Lipinski definition) is 0. The standard InChI is InChI=1S/C10H15BrSi/c1-10(2,3)12(11)9-7-5-4-6-8-9/h4-8,12H,1-3H3. The summed E-state index contributed by atoms with van der Waals surface area (Å²) in [6.45, 7) is 6.89. The van der Waals surface area contributed by atoms with Gasteiger partial charge in [0, 0.05) is 0 Å². The zero-order valence-corrected chi connectivity index (χ0v) is 10.6. The molecule has 1 atom stereocenters. The molecule has 2 heteroatoms. The molecular formula is C10H15BrSi. The third kappa shape index (κ3) is 2.46. The second-order valence-electron chi connectivity index (χ2n) is 4.14. The summed E-state index contributed by atoms with van der Waals surface area (Å²) in [4.78, 5) is 0. The van der Waals surface area contributed by atoms with E-state index in [-0.39, 0.29) is 0 Å². The molecule has 1 rings (SSSR count). The van der Waals surface area contributed by atoms with Crippen LogP contribution in [0.2, 0.25) is 5.04 Å². The van der Waals surface area contributed by atoms with E-state index in [0.29, 0.717) is 5.04 Å². The Morgan fingerprint density at radius 1 is 1.08 bits per heavy atom. The van der Waals surface area contributed by atoms with Gasteiger partial charge in [-0.3, -0.25) is 0 Å². The van der Waals surface area contributed by atoms with Gasteiger partial charge in [0.15, 0.2) is 0 Å². The summed E-state index contributed by atoms with van der Waals surface area (Å²) >= 11 is 3.85. The van der Waals surface area contributed by atoms with Gasteiger partial charge in [-0.05, 0) is 10.2 Å². The maximum absolute atomic E-state index is 3.85. The van der Waals surface area contributed by atoms with E-state index in [9.17, 15) is 0 Å². The normalized spacial score (nSPS) is 14.3. The third-order valence-electron chi connectivity index (χ3n) is 1.85. The average molecular weight is 243 g/mol. The van der Waals surface area contributed by atoms with Gasteiger partial charge in [0.25, 0.3) is 0 Å². The van der Waals surface area contributed by atoms with Gasteiger partial charge in [-0.15, -0.1) is 15.3 Å². The van der Waals surface area contributed by atoms with Gasteiger partial charge in [0.1, 0.15) is 7.42 Å². The highest BCUT2D eigenvalue weighted by Gasteiger charge is 2.24. The van der Waals surface area contributed by atoms with Gasteiger partial charge in [0.05, 0.1) is 0 Å². The molecule has 0 amide bonds.